The summed E-state index contributed by atoms with van der Waals surface area (Å²) in [5, 5.41) is 5.10. The van der Waals surface area contributed by atoms with Crippen LogP contribution in [0.1, 0.15) is 25.2 Å². The number of nitrogens with one attached hydrogen (secondary N) is 1. The van der Waals surface area contributed by atoms with Crippen molar-refractivity contribution in [3.63, 3.8) is 0 Å². The highest BCUT2D eigenvalue weighted by molar-refractivity contribution is 6.32. The van der Waals surface area contributed by atoms with E-state index in [0.717, 1.165) is 10.8 Å². The standard InChI is InChI=1S/C13H15ClF3N3O3/c1-4-23-10(22)5-7(2)18-9(21)6-20-8(3)11(14)12(19-20)13(15,16)17/h5H,4,6H2,1-3H3,(H,18,21)/b7-5+. The number of allylic oxidation sites excluding steroid dienone is 1. The van der Waals surface area contributed by atoms with Gasteiger partial charge in [0.25, 0.3) is 0 Å². The number of halogens is 4. The highest BCUT2D eigenvalue weighted by atomic mass is 35.5. The monoisotopic (exact) mass is 353 g/mol. The fourth-order valence-electron chi connectivity index (χ4n) is 1.65. The summed E-state index contributed by atoms with van der Waals surface area (Å²) in [6.07, 6.45) is -3.64. The summed E-state index contributed by atoms with van der Waals surface area (Å²) in [7, 11) is 0. The van der Waals surface area contributed by atoms with Crippen LogP contribution in [0.3, 0.4) is 0 Å². The number of hydrogen-bond acceptors (Lipinski definition) is 4. The molecule has 1 rings (SSSR count). The number of hydrogen-bond donors (Lipinski definition) is 1. The zero-order valence-corrected chi connectivity index (χ0v) is 13.4. The number of carbonyl (C=O) groups is 2. The molecular weight excluding hydrogens is 339 g/mol. The second-order valence-electron chi connectivity index (χ2n) is 4.53. The Morgan fingerprint density at radius 2 is 2.04 bits per heavy atom. The summed E-state index contributed by atoms with van der Waals surface area (Å²) >= 11 is 5.58. The van der Waals surface area contributed by atoms with Gasteiger partial charge in [-0.15, -0.1) is 0 Å². The van der Waals surface area contributed by atoms with Gasteiger partial charge in [-0.25, -0.2) is 4.79 Å². The zero-order chi connectivity index (χ0) is 17.8. The van der Waals surface area contributed by atoms with E-state index in [2.05, 4.69) is 15.2 Å². The lowest BCUT2D eigenvalue weighted by Crippen LogP contribution is -2.27. The van der Waals surface area contributed by atoms with Crippen molar-refractivity contribution < 1.29 is 27.5 Å². The van der Waals surface area contributed by atoms with Gasteiger partial charge in [0.05, 0.1) is 17.3 Å². The first-order valence-corrected chi connectivity index (χ1v) is 6.89. The second-order valence-corrected chi connectivity index (χ2v) is 4.91. The number of nitrogens with zero attached hydrogens (tertiary/aromatic N) is 2. The number of carbonyl (C=O) groups excluding carboxylic acids is 2. The van der Waals surface area contributed by atoms with Crippen LogP contribution in [0, 0.1) is 6.92 Å². The van der Waals surface area contributed by atoms with Crippen LogP contribution in [-0.4, -0.2) is 28.3 Å². The van der Waals surface area contributed by atoms with Crippen LogP contribution < -0.4 is 5.32 Å². The third-order valence-corrected chi connectivity index (χ3v) is 3.11. The van der Waals surface area contributed by atoms with Gasteiger partial charge in [-0.05, 0) is 20.8 Å². The lowest BCUT2D eigenvalue weighted by Gasteiger charge is -2.07. The van der Waals surface area contributed by atoms with Crippen molar-refractivity contribution in [1.29, 1.82) is 0 Å². The molecule has 1 aromatic heterocycles. The van der Waals surface area contributed by atoms with Crippen molar-refractivity contribution in [3.05, 3.63) is 28.2 Å². The van der Waals surface area contributed by atoms with E-state index in [1.807, 2.05) is 0 Å². The minimum absolute atomic E-state index is 0.0150. The number of esters is 1. The second kappa shape index (κ2) is 7.49. The molecule has 0 saturated carbocycles. The smallest absolute Gasteiger partial charge is 0.436 e. The SMILES string of the molecule is CCOC(=O)/C=C(\C)NC(=O)Cn1nc(C(F)(F)F)c(Cl)c1C. The Morgan fingerprint density at radius 1 is 1.43 bits per heavy atom. The molecule has 0 aromatic carbocycles. The van der Waals surface area contributed by atoms with Crippen molar-refractivity contribution in [2.75, 3.05) is 6.61 Å². The maximum absolute atomic E-state index is 12.7. The van der Waals surface area contributed by atoms with E-state index < -0.39 is 35.3 Å². The molecule has 23 heavy (non-hydrogen) atoms. The summed E-state index contributed by atoms with van der Waals surface area (Å²) < 4.78 is 43.6. The number of ether oxygens (including phenoxy) is 1. The number of alkyl halides is 3. The van der Waals surface area contributed by atoms with E-state index in [1.54, 1.807) is 6.92 Å². The third kappa shape index (κ3) is 5.27. The molecule has 10 heteroatoms. The third-order valence-electron chi connectivity index (χ3n) is 2.65. The molecule has 0 aliphatic rings. The Labute approximate surface area is 135 Å². The van der Waals surface area contributed by atoms with Gasteiger partial charge in [-0.3, -0.25) is 9.48 Å². The molecule has 1 amide bonds. The van der Waals surface area contributed by atoms with Gasteiger partial charge in [0, 0.05) is 11.8 Å². The number of amides is 1. The fourth-order valence-corrected chi connectivity index (χ4v) is 1.89. The van der Waals surface area contributed by atoms with Crippen molar-refractivity contribution in [3.8, 4) is 0 Å². The van der Waals surface area contributed by atoms with Gasteiger partial charge in [0.1, 0.15) is 6.54 Å². The van der Waals surface area contributed by atoms with Crippen molar-refractivity contribution >= 4 is 23.5 Å². The van der Waals surface area contributed by atoms with Crippen molar-refractivity contribution in [2.45, 2.75) is 33.5 Å². The zero-order valence-electron chi connectivity index (χ0n) is 12.6. The van der Waals surface area contributed by atoms with Crippen molar-refractivity contribution in [1.82, 2.24) is 15.1 Å². The van der Waals surface area contributed by atoms with Gasteiger partial charge in [-0.1, -0.05) is 11.6 Å². The van der Waals surface area contributed by atoms with Gasteiger partial charge < -0.3 is 10.1 Å². The summed E-state index contributed by atoms with van der Waals surface area (Å²) in [5.74, 6) is -1.29. The van der Waals surface area contributed by atoms with E-state index in [1.165, 1.54) is 13.8 Å². The Morgan fingerprint density at radius 3 is 2.52 bits per heavy atom. The van der Waals surface area contributed by atoms with Crippen LogP contribution in [0.5, 0.6) is 0 Å². The van der Waals surface area contributed by atoms with Gasteiger partial charge >= 0.3 is 12.1 Å². The first kappa shape index (κ1) is 19.0. The molecule has 0 radical (unpaired) electrons. The Kier molecular flexibility index (Phi) is 6.20. The average Bonchev–Trinajstić information content (AvgIpc) is 2.66. The highest BCUT2D eigenvalue weighted by Crippen LogP contribution is 2.35. The molecular formula is C13H15ClF3N3O3. The maximum Gasteiger partial charge on any atom is 0.436 e. The molecule has 0 unspecified atom stereocenters. The average molecular weight is 354 g/mol. The topological polar surface area (TPSA) is 73.2 Å². The molecule has 0 spiro atoms. The minimum atomic E-state index is -4.71. The molecule has 0 fully saturated rings. The van der Waals surface area contributed by atoms with Crippen LogP contribution in [0.4, 0.5) is 13.2 Å². The molecule has 0 bridgehead atoms. The Hall–Kier alpha value is -2.03. The highest BCUT2D eigenvalue weighted by Gasteiger charge is 2.38. The molecule has 1 aromatic rings. The molecule has 128 valence electrons. The lowest BCUT2D eigenvalue weighted by molar-refractivity contribution is -0.141. The summed E-state index contributed by atoms with van der Waals surface area (Å²) in [4.78, 5) is 23.0. The van der Waals surface area contributed by atoms with Crippen LogP contribution in [0.15, 0.2) is 11.8 Å². The van der Waals surface area contributed by atoms with E-state index in [9.17, 15) is 22.8 Å². The first-order valence-electron chi connectivity index (χ1n) is 6.51. The van der Waals surface area contributed by atoms with E-state index >= 15 is 0 Å². The Bertz CT molecular complexity index is 638. The lowest BCUT2D eigenvalue weighted by atomic mass is 10.3. The maximum atomic E-state index is 12.7. The molecule has 0 saturated heterocycles. The van der Waals surface area contributed by atoms with Gasteiger partial charge in [0.15, 0.2) is 5.69 Å². The summed E-state index contributed by atoms with van der Waals surface area (Å²) in [6.45, 7) is 4.09. The predicted molar refractivity (Wildman–Crippen MR) is 75.5 cm³/mol. The van der Waals surface area contributed by atoms with Crippen molar-refractivity contribution in [2.24, 2.45) is 0 Å². The van der Waals surface area contributed by atoms with Gasteiger partial charge in [-0.2, -0.15) is 18.3 Å². The first-order chi connectivity index (χ1) is 10.6. The quantitative estimate of drug-likeness (QED) is 0.652. The largest absolute Gasteiger partial charge is 0.463 e. The van der Waals surface area contributed by atoms with E-state index in [4.69, 9.17) is 11.6 Å². The van der Waals surface area contributed by atoms with Crippen LogP contribution in [-0.2, 0) is 27.0 Å². The summed E-state index contributed by atoms with van der Waals surface area (Å²) in [5.41, 5.74) is -1.04. The number of rotatable bonds is 5. The molecule has 0 aliphatic heterocycles. The van der Waals surface area contributed by atoms with Crippen LogP contribution in [0.2, 0.25) is 5.02 Å². The van der Waals surface area contributed by atoms with E-state index in [-0.39, 0.29) is 18.0 Å². The van der Waals surface area contributed by atoms with Crippen LogP contribution >= 0.6 is 11.6 Å². The normalized spacial score (nSPS) is 12.2. The summed E-state index contributed by atoms with van der Waals surface area (Å²) in [6, 6.07) is 0. The van der Waals surface area contributed by atoms with Gasteiger partial charge in [0.2, 0.25) is 5.91 Å². The fraction of sp³-hybridized carbons (Fsp3) is 0.462. The Balaban J connectivity index is 2.81. The molecule has 1 heterocycles. The van der Waals surface area contributed by atoms with E-state index in [0.29, 0.717) is 0 Å². The minimum Gasteiger partial charge on any atom is -0.463 e. The molecule has 1 N–H and O–H groups in total. The molecule has 0 aliphatic carbocycles. The molecule has 6 nitrogen and oxygen atoms in total. The number of aromatic nitrogens is 2. The van der Waals surface area contributed by atoms with Crippen LogP contribution in [0.25, 0.3) is 0 Å². The molecule has 0 atom stereocenters. The predicted octanol–water partition coefficient (Wildman–Crippen LogP) is 2.45.